The second kappa shape index (κ2) is 7.62. The summed E-state index contributed by atoms with van der Waals surface area (Å²) >= 11 is 0. The van der Waals surface area contributed by atoms with Crippen LogP contribution in [0.3, 0.4) is 0 Å². The fourth-order valence-electron chi connectivity index (χ4n) is 4.45. The number of piperidine rings is 1. The molecule has 5 nitrogen and oxygen atoms in total. The lowest BCUT2D eigenvalue weighted by Crippen LogP contribution is -2.46. The minimum atomic E-state index is 0.124. The molecule has 1 unspecified atom stereocenters. The molecule has 0 aromatic heterocycles. The van der Waals surface area contributed by atoms with Gasteiger partial charge in [-0.3, -0.25) is 9.80 Å². The molecule has 25 heavy (non-hydrogen) atoms. The molecule has 1 atom stereocenters. The van der Waals surface area contributed by atoms with Crippen LogP contribution in [0.1, 0.15) is 24.8 Å². The van der Waals surface area contributed by atoms with Gasteiger partial charge in [0.05, 0.1) is 32.5 Å². The molecule has 1 aromatic rings. The maximum absolute atomic E-state index is 6.35. The molecule has 3 saturated heterocycles. The third kappa shape index (κ3) is 4.00. The van der Waals surface area contributed by atoms with Gasteiger partial charge in [-0.05, 0) is 37.0 Å². The topological polar surface area (TPSA) is 34.2 Å². The summed E-state index contributed by atoms with van der Waals surface area (Å²) in [6.07, 6.45) is 3.51. The molecular formula is C20H30N2O3. The number of benzene rings is 1. The van der Waals surface area contributed by atoms with E-state index >= 15 is 0 Å². The van der Waals surface area contributed by atoms with Gasteiger partial charge in [-0.2, -0.15) is 0 Å². The number of hydrogen-bond acceptors (Lipinski definition) is 5. The highest BCUT2D eigenvalue weighted by molar-refractivity contribution is 5.27. The second-order valence-corrected chi connectivity index (χ2v) is 7.62. The molecule has 0 radical (unpaired) electrons. The predicted molar refractivity (Wildman–Crippen MR) is 97.0 cm³/mol. The molecule has 4 rings (SSSR count). The minimum Gasteiger partial charge on any atom is -0.497 e. The summed E-state index contributed by atoms with van der Waals surface area (Å²) < 4.78 is 17.1. The van der Waals surface area contributed by atoms with Gasteiger partial charge in [-0.15, -0.1) is 0 Å². The monoisotopic (exact) mass is 346 g/mol. The Morgan fingerprint density at radius 3 is 2.48 bits per heavy atom. The van der Waals surface area contributed by atoms with Crippen LogP contribution in [0.15, 0.2) is 24.3 Å². The molecule has 0 bridgehead atoms. The number of morpholine rings is 1. The van der Waals surface area contributed by atoms with Gasteiger partial charge in [-0.1, -0.05) is 12.1 Å². The number of likely N-dealkylation sites (tertiary alicyclic amines) is 1. The highest BCUT2D eigenvalue weighted by atomic mass is 16.5. The van der Waals surface area contributed by atoms with Gasteiger partial charge in [0.2, 0.25) is 0 Å². The van der Waals surface area contributed by atoms with Crippen molar-refractivity contribution >= 4 is 0 Å². The molecule has 0 amide bonds. The zero-order chi connectivity index (χ0) is 17.1. The van der Waals surface area contributed by atoms with Crippen molar-refractivity contribution < 1.29 is 14.2 Å². The van der Waals surface area contributed by atoms with Crippen molar-refractivity contribution in [3.63, 3.8) is 0 Å². The molecule has 0 N–H and O–H groups in total. The van der Waals surface area contributed by atoms with E-state index in [0.717, 1.165) is 71.1 Å². The van der Waals surface area contributed by atoms with E-state index in [1.54, 1.807) is 7.11 Å². The summed E-state index contributed by atoms with van der Waals surface area (Å²) in [4.78, 5) is 5.13. The second-order valence-electron chi connectivity index (χ2n) is 7.62. The molecule has 3 aliphatic rings. The van der Waals surface area contributed by atoms with Gasteiger partial charge >= 0.3 is 0 Å². The summed E-state index contributed by atoms with van der Waals surface area (Å²) in [5, 5.41) is 0. The van der Waals surface area contributed by atoms with E-state index in [2.05, 4.69) is 21.9 Å². The van der Waals surface area contributed by atoms with E-state index in [0.29, 0.717) is 6.04 Å². The maximum atomic E-state index is 6.35. The first-order chi connectivity index (χ1) is 12.3. The van der Waals surface area contributed by atoms with E-state index in [-0.39, 0.29) is 5.60 Å². The molecule has 3 heterocycles. The van der Waals surface area contributed by atoms with Gasteiger partial charge < -0.3 is 14.2 Å². The lowest BCUT2D eigenvalue weighted by Gasteiger charge is -2.39. The Bertz CT molecular complexity index is 549. The van der Waals surface area contributed by atoms with Crippen molar-refractivity contribution in [3.8, 4) is 5.75 Å². The van der Waals surface area contributed by atoms with Crippen molar-refractivity contribution in [1.82, 2.24) is 9.80 Å². The normalized spacial score (nSPS) is 27.6. The average Bonchev–Trinajstić information content (AvgIpc) is 3.09. The van der Waals surface area contributed by atoms with Crippen LogP contribution in [0.5, 0.6) is 5.75 Å². The molecule has 3 aliphatic heterocycles. The molecule has 138 valence electrons. The molecular weight excluding hydrogens is 316 g/mol. The van der Waals surface area contributed by atoms with Crippen molar-refractivity contribution in [3.05, 3.63) is 29.8 Å². The van der Waals surface area contributed by atoms with Crippen LogP contribution < -0.4 is 4.74 Å². The highest BCUT2D eigenvalue weighted by Crippen LogP contribution is 2.38. The summed E-state index contributed by atoms with van der Waals surface area (Å²) in [6, 6.07) is 9.03. The lowest BCUT2D eigenvalue weighted by atomic mass is 9.87. The zero-order valence-electron chi connectivity index (χ0n) is 15.3. The number of hydrogen-bond donors (Lipinski definition) is 0. The first kappa shape index (κ1) is 17.3. The minimum absolute atomic E-state index is 0.124. The average molecular weight is 346 g/mol. The molecule has 1 spiro atoms. The Hall–Kier alpha value is -1.14. The van der Waals surface area contributed by atoms with Crippen LogP contribution in [0.2, 0.25) is 0 Å². The van der Waals surface area contributed by atoms with E-state index < -0.39 is 0 Å². The largest absolute Gasteiger partial charge is 0.497 e. The van der Waals surface area contributed by atoms with E-state index in [9.17, 15) is 0 Å². The van der Waals surface area contributed by atoms with Crippen LogP contribution in [0.25, 0.3) is 0 Å². The van der Waals surface area contributed by atoms with Crippen molar-refractivity contribution in [2.24, 2.45) is 0 Å². The van der Waals surface area contributed by atoms with Crippen molar-refractivity contribution in [2.45, 2.75) is 37.5 Å². The van der Waals surface area contributed by atoms with E-state index in [1.807, 2.05) is 12.1 Å². The third-order valence-electron chi connectivity index (χ3n) is 6.08. The quantitative estimate of drug-likeness (QED) is 0.835. The van der Waals surface area contributed by atoms with Gasteiger partial charge in [-0.25, -0.2) is 0 Å². The summed E-state index contributed by atoms with van der Waals surface area (Å²) in [6.45, 7) is 8.05. The Labute approximate surface area is 150 Å². The number of nitrogens with zero attached hydrogens (tertiary/aromatic N) is 2. The van der Waals surface area contributed by atoms with Gasteiger partial charge in [0.1, 0.15) is 5.75 Å². The van der Waals surface area contributed by atoms with E-state index in [4.69, 9.17) is 14.2 Å². The first-order valence-electron chi connectivity index (χ1n) is 9.57. The van der Waals surface area contributed by atoms with E-state index in [1.165, 1.54) is 12.0 Å². The van der Waals surface area contributed by atoms with Crippen LogP contribution in [0.4, 0.5) is 0 Å². The van der Waals surface area contributed by atoms with Crippen LogP contribution >= 0.6 is 0 Å². The van der Waals surface area contributed by atoms with Crippen molar-refractivity contribution in [2.75, 3.05) is 53.1 Å². The zero-order valence-corrected chi connectivity index (χ0v) is 15.3. The summed E-state index contributed by atoms with van der Waals surface area (Å²) in [7, 11) is 1.71. The lowest BCUT2D eigenvalue weighted by molar-refractivity contribution is -0.0458. The fraction of sp³-hybridized carbons (Fsp3) is 0.700. The number of rotatable bonds is 4. The maximum Gasteiger partial charge on any atom is 0.118 e. The van der Waals surface area contributed by atoms with Crippen LogP contribution in [-0.2, 0) is 16.0 Å². The van der Waals surface area contributed by atoms with Gasteiger partial charge in [0.15, 0.2) is 0 Å². The van der Waals surface area contributed by atoms with Crippen LogP contribution in [0, 0.1) is 0 Å². The van der Waals surface area contributed by atoms with Gasteiger partial charge in [0.25, 0.3) is 0 Å². The molecule has 3 fully saturated rings. The SMILES string of the molecule is COc1ccc(CN2CCC3(CC2)CC(N2CCOCC2)CO3)cc1. The summed E-state index contributed by atoms with van der Waals surface area (Å²) in [5.41, 5.74) is 1.48. The standard InChI is InChI=1S/C20H30N2O3/c1-23-19-4-2-17(3-5-19)15-21-8-6-20(7-9-21)14-18(16-25-20)22-10-12-24-13-11-22/h2-5,18H,6-16H2,1H3. The Morgan fingerprint density at radius 1 is 1.08 bits per heavy atom. The predicted octanol–water partition coefficient (Wildman–Crippen LogP) is 2.15. The molecule has 5 heteroatoms. The Kier molecular flexibility index (Phi) is 5.27. The molecule has 0 saturated carbocycles. The number of ether oxygens (including phenoxy) is 3. The van der Waals surface area contributed by atoms with Crippen molar-refractivity contribution in [1.29, 1.82) is 0 Å². The molecule has 0 aliphatic carbocycles. The number of methoxy groups -OCH3 is 1. The first-order valence-corrected chi connectivity index (χ1v) is 9.57. The fourth-order valence-corrected chi connectivity index (χ4v) is 4.45. The van der Waals surface area contributed by atoms with Gasteiger partial charge in [0, 0.05) is 38.8 Å². The summed E-state index contributed by atoms with van der Waals surface area (Å²) in [5.74, 6) is 0.926. The smallest absolute Gasteiger partial charge is 0.118 e. The Morgan fingerprint density at radius 2 is 1.80 bits per heavy atom. The highest BCUT2D eigenvalue weighted by Gasteiger charge is 2.44. The van der Waals surface area contributed by atoms with Crippen LogP contribution in [-0.4, -0.2) is 74.6 Å². The Balaban J connectivity index is 1.27. The third-order valence-corrected chi connectivity index (χ3v) is 6.08. The molecule has 1 aromatic carbocycles.